The molecule has 1 fully saturated rings. The van der Waals surface area contributed by atoms with Crippen LogP contribution in [0.5, 0.6) is 0 Å². The van der Waals surface area contributed by atoms with E-state index in [1.165, 1.54) is 11.8 Å². The van der Waals surface area contributed by atoms with Crippen molar-refractivity contribution >= 4 is 33.5 Å². The lowest BCUT2D eigenvalue weighted by Gasteiger charge is -2.20. The van der Waals surface area contributed by atoms with E-state index in [4.69, 9.17) is 5.11 Å². The molecule has 20 heavy (non-hydrogen) atoms. The Kier molecular flexibility index (Phi) is 6.32. The van der Waals surface area contributed by atoms with Gasteiger partial charge in [-0.1, -0.05) is 20.3 Å². The molecule has 0 saturated carbocycles. The molecular weight excluding hydrogens is 302 g/mol. The SMILES string of the molecule is CC[C@H](C)[C@H](NC(=O)CSC1CCS(=O)(=O)C1)C(=O)O. The second kappa shape index (κ2) is 7.31. The van der Waals surface area contributed by atoms with Gasteiger partial charge in [0.2, 0.25) is 5.91 Å². The molecule has 1 saturated heterocycles. The highest BCUT2D eigenvalue weighted by molar-refractivity contribution is 8.02. The lowest BCUT2D eigenvalue weighted by Crippen LogP contribution is -2.45. The van der Waals surface area contributed by atoms with Crippen LogP contribution in [0.1, 0.15) is 26.7 Å². The summed E-state index contributed by atoms with van der Waals surface area (Å²) in [5.74, 6) is -1.16. The zero-order chi connectivity index (χ0) is 15.3. The number of amides is 1. The van der Waals surface area contributed by atoms with E-state index in [1.807, 2.05) is 6.92 Å². The quantitative estimate of drug-likeness (QED) is 0.708. The lowest BCUT2D eigenvalue weighted by molar-refractivity contribution is -0.143. The fourth-order valence-electron chi connectivity index (χ4n) is 1.98. The maximum Gasteiger partial charge on any atom is 0.326 e. The summed E-state index contributed by atoms with van der Waals surface area (Å²) in [7, 11) is -2.94. The predicted octanol–water partition coefficient (Wildman–Crippen LogP) is 0.522. The summed E-state index contributed by atoms with van der Waals surface area (Å²) in [6.45, 7) is 3.64. The average Bonchev–Trinajstić information content (AvgIpc) is 2.72. The molecule has 0 bridgehead atoms. The van der Waals surface area contributed by atoms with Crippen molar-refractivity contribution < 1.29 is 23.1 Å². The zero-order valence-electron chi connectivity index (χ0n) is 11.7. The number of nitrogens with one attached hydrogen (secondary N) is 1. The molecule has 1 amide bonds. The number of carbonyl (C=O) groups is 2. The highest BCUT2D eigenvalue weighted by Crippen LogP contribution is 2.24. The molecule has 0 aromatic carbocycles. The molecule has 2 N–H and O–H groups in total. The number of aliphatic carboxylic acids is 1. The van der Waals surface area contributed by atoms with Gasteiger partial charge in [0.15, 0.2) is 9.84 Å². The Bertz CT molecular complexity index is 462. The van der Waals surface area contributed by atoms with E-state index in [0.29, 0.717) is 12.8 Å². The van der Waals surface area contributed by atoms with Gasteiger partial charge in [-0.3, -0.25) is 4.79 Å². The van der Waals surface area contributed by atoms with E-state index in [1.54, 1.807) is 6.92 Å². The van der Waals surface area contributed by atoms with Crippen LogP contribution in [0.25, 0.3) is 0 Å². The summed E-state index contributed by atoms with van der Waals surface area (Å²) in [6, 6.07) is -0.889. The third-order valence-corrected chi connectivity index (χ3v) is 6.72. The topological polar surface area (TPSA) is 101 Å². The van der Waals surface area contributed by atoms with Gasteiger partial charge >= 0.3 is 5.97 Å². The van der Waals surface area contributed by atoms with E-state index >= 15 is 0 Å². The van der Waals surface area contributed by atoms with Gasteiger partial charge in [0.25, 0.3) is 0 Å². The first-order valence-corrected chi connectivity index (χ1v) is 9.46. The monoisotopic (exact) mass is 323 g/mol. The summed E-state index contributed by atoms with van der Waals surface area (Å²) in [5, 5.41) is 11.5. The van der Waals surface area contributed by atoms with E-state index in [9.17, 15) is 18.0 Å². The predicted molar refractivity (Wildman–Crippen MR) is 78.5 cm³/mol. The first kappa shape index (κ1) is 17.3. The number of rotatable bonds is 7. The van der Waals surface area contributed by atoms with Crippen LogP contribution in [0.15, 0.2) is 0 Å². The maximum atomic E-state index is 11.8. The van der Waals surface area contributed by atoms with Crippen LogP contribution in [-0.4, -0.2) is 54.0 Å². The molecule has 6 nitrogen and oxygen atoms in total. The Morgan fingerprint density at radius 2 is 2.10 bits per heavy atom. The van der Waals surface area contributed by atoms with E-state index < -0.39 is 21.8 Å². The first-order valence-electron chi connectivity index (χ1n) is 6.59. The van der Waals surface area contributed by atoms with Crippen LogP contribution in [0, 0.1) is 5.92 Å². The van der Waals surface area contributed by atoms with Crippen molar-refractivity contribution in [2.75, 3.05) is 17.3 Å². The molecular formula is C12H21NO5S2. The smallest absolute Gasteiger partial charge is 0.326 e. The molecule has 8 heteroatoms. The van der Waals surface area contributed by atoms with Gasteiger partial charge in [-0.05, 0) is 12.3 Å². The van der Waals surface area contributed by atoms with Gasteiger partial charge in [0, 0.05) is 5.25 Å². The molecule has 0 spiro atoms. The van der Waals surface area contributed by atoms with Crippen molar-refractivity contribution in [1.29, 1.82) is 0 Å². The Balaban J connectivity index is 2.41. The highest BCUT2D eigenvalue weighted by Gasteiger charge is 2.29. The molecule has 1 heterocycles. The zero-order valence-corrected chi connectivity index (χ0v) is 13.3. The standard InChI is InChI=1S/C12H21NO5S2/c1-3-8(2)11(12(15)16)13-10(14)6-19-9-4-5-20(17,18)7-9/h8-9,11H,3-7H2,1-2H3,(H,13,14)(H,15,16)/t8-,9?,11-/m0/s1. The summed E-state index contributed by atoms with van der Waals surface area (Å²) >= 11 is 1.28. The minimum atomic E-state index is -2.94. The summed E-state index contributed by atoms with van der Waals surface area (Å²) in [4.78, 5) is 22.8. The summed E-state index contributed by atoms with van der Waals surface area (Å²) in [6.07, 6.45) is 1.22. The van der Waals surface area contributed by atoms with E-state index in [0.717, 1.165) is 0 Å². The molecule has 116 valence electrons. The van der Waals surface area contributed by atoms with Crippen LogP contribution in [-0.2, 0) is 19.4 Å². The normalized spacial score (nSPS) is 24.0. The highest BCUT2D eigenvalue weighted by atomic mass is 32.2. The lowest BCUT2D eigenvalue weighted by atomic mass is 9.99. The summed E-state index contributed by atoms with van der Waals surface area (Å²) in [5.41, 5.74) is 0. The van der Waals surface area contributed by atoms with Crippen molar-refractivity contribution in [3.63, 3.8) is 0 Å². The Morgan fingerprint density at radius 1 is 1.45 bits per heavy atom. The van der Waals surface area contributed by atoms with Crippen LogP contribution >= 0.6 is 11.8 Å². The third-order valence-electron chi connectivity index (χ3n) is 3.44. The largest absolute Gasteiger partial charge is 0.480 e. The van der Waals surface area contributed by atoms with Crippen LogP contribution < -0.4 is 5.32 Å². The van der Waals surface area contributed by atoms with Crippen LogP contribution in [0.3, 0.4) is 0 Å². The second-order valence-electron chi connectivity index (χ2n) is 5.11. The number of carboxylic acids is 1. The number of carboxylic acid groups (broad SMARTS) is 1. The molecule has 1 unspecified atom stereocenters. The number of hydrogen-bond acceptors (Lipinski definition) is 5. The third kappa shape index (κ3) is 5.32. The number of hydrogen-bond donors (Lipinski definition) is 2. The maximum absolute atomic E-state index is 11.8. The van der Waals surface area contributed by atoms with Crippen LogP contribution in [0.2, 0.25) is 0 Å². The van der Waals surface area contributed by atoms with Gasteiger partial charge in [0.1, 0.15) is 6.04 Å². The van der Waals surface area contributed by atoms with Gasteiger partial charge < -0.3 is 10.4 Å². The summed E-state index contributed by atoms with van der Waals surface area (Å²) < 4.78 is 22.6. The Hall–Kier alpha value is -0.760. The van der Waals surface area contributed by atoms with Crippen molar-refractivity contribution in [3.8, 4) is 0 Å². The van der Waals surface area contributed by atoms with Crippen molar-refractivity contribution in [3.05, 3.63) is 0 Å². The van der Waals surface area contributed by atoms with Crippen molar-refractivity contribution in [2.24, 2.45) is 5.92 Å². The number of thioether (sulfide) groups is 1. The molecule has 1 rings (SSSR count). The fourth-order valence-corrected chi connectivity index (χ4v) is 5.44. The molecule has 1 aliphatic heterocycles. The minimum Gasteiger partial charge on any atom is -0.480 e. The Morgan fingerprint density at radius 3 is 2.55 bits per heavy atom. The second-order valence-corrected chi connectivity index (χ2v) is 8.62. The molecule has 1 aliphatic rings. The van der Waals surface area contributed by atoms with E-state index in [-0.39, 0.29) is 34.3 Å². The Labute approximate surface area is 123 Å². The van der Waals surface area contributed by atoms with E-state index in [2.05, 4.69) is 5.32 Å². The number of sulfone groups is 1. The van der Waals surface area contributed by atoms with Gasteiger partial charge in [0.05, 0.1) is 17.3 Å². The molecule has 0 aromatic heterocycles. The molecule has 0 aliphatic carbocycles. The molecule has 0 radical (unpaired) electrons. The van der Waals surface area contributed by atoms with Crippen molar-refractivity contribution in [2.45, 2.75) is 38.0 Å². The first-order chi connectivity index (χ1) is 9.25. The van der Waals surface area contributed by atoms with Gasteiger partial charge in [-0.15, -0.1) is 11.8 Å². The van der Waals surface area contributed by atoms with Gasteiger partial charge in [-0.2, -0.15) is 0 Å². The minimum absolute atomic E-state index is 0.0578. The fraction of sp³-hybridized carbons (Fsp3) is 0.833. The molecule has 3 atom stereocenters. The van der Waals surface area contributed by atoms with Crippen molar-refractivity contribution in [1.82, 2.24) is 5.32 Å². The number of carbonyl (C=O) groups excluding carboxylic acids is 1. The van der Waals surface area contributed by atoms with Crippen LogP contribution in [0.4, 0.5) is 0 Å². The van der Waals surface area contributed by atoms with Gasteiger partial charge in [-0.25, -0.2) is 13.2 Å². The average molecular weight is 323 g/mol. The molecule has 0 aromatic rings.